The van der Waals surface area contributed by atoms with Crippen LogP contribution in [0.3, 0.4) is 0 Å². The van der Waals surface area contributed by atoms with Gasteiger partial charge in [-0.3, -0.25) is 4.79 Å². The standard InChI is InChI=1S/C14H20N6O/c1-4-19(3)14(21)9-15-11(2)12-6-5-7-13(8-12)20-10-16-17-18-20/h5-8,10-11,15H,4,9H2,1-3H3. The summed E-state index contributed by atoms with van der Waals surface area (Å²) in [7, 11) is 1.80. The van der Waals surface area contributed by atoms with Gasteiger partial charge in [-0.2, -0.15) is 0 Å². The second kappa shape index (κ2) is 6.94. The lowest BCUT2D eigenvalue weighted by Crippen LogP contribution is -2.36. The molecule has 1 amide bonds. The number of carbonyl (C=O) groups excluding carboxylic acids is 1. The highest BCUT2D eigenvalue weighted by Gasteiger charge is 2.11. The molecule has 7 nitrogen and oxygen atoms in total. The fraction of sp³-hybridized carbons (Fsp3) is 0.429. The maximum absolute atomic E-state index is 11.8. The second-order valence-electron chi connectivity index (χ2n) is 4.86. The van der Waals surface area contributed by atoms with Crippen molar-refractivity contribution in [2.24, 2.45) is 0 Å². The van der Waals surface area contributed by atoms with E-state index >= 15 is 0 Å². The van der Waals surface area contributed by atoms with E-state index in [9.17, 15) is 4.79 Å². The molecule has 2 aromatic rings. The lowest BCUT2D eigenvalue weighted by Gasteiger charge is -2.18. The zero-order valence-corrected chi connectivity index (χ0v) is 12.5. The summed E-state index contributed by atoms with van der Waals surface area (Å²) in [6, 6.07) is 7.96. The fourth-order valence-electron chi connectivity index (χ4n) is 1.89. The van der Waals surface area contributed by atoms with Crippen molar-refractivity contribution in [2.75, 3.05) is 20.1 Å². The lowest BCUT2D eigenvalue weighted by atomic mass is 10.1. The van der Waals surface area contributed by atoms with Crippen LogP contribution in [-0.2, 0) is 4.79 Å². The highest BCUT2D eigenvalue weighted by molar-refractivity contribution is 5.77. The van der Waals surface area contributed by atoms with E-state index in [-0.39, 0.29) is 11.9 Å². The van der Waals surface area contributed by atoms with Gasteiger partial charge in [0.05, 0.1) is 12.2 Å². The summed E-state index contributed by atoms with van der Waals surface area (Å²) in [5, 5.41) is 14.4. The van der Waals surface area contributed by atoms with E-state index in [4.69, 9.17) is 0 Å². The SMILES string of the molecule is CCN(C)C(=O)CNC(C)c1cccc(-n2cnnn2)c1. The van der Waals surface area contributed by atoms with Crippen LogP contribution in [0.15, 0.2) is 30.6 Å². The minimum Gasteiger partial charge on any atom is -0.345 e. The number of benzene rings is 1. The van der Waals surface area contributed by atoms with Gasteiger partial charge in [-0.1, -0.05) is 12.1 Å². The van der Waals surface area contributed by atoms with Crippen LogP contribution in [0.25, 0.3) is 5.69 Å². The summed E-state index contributed by atoms with van der Waals surface area (Å²) in [5.74, 6) is 0.0842. The van der Waals surface area contributed by atoms with E-state index in [1.54, 1.807) is 23.0 Å². The van der Waals surface area contributed by atoms with E-state index in [1.807, 2.05) is 38.1 Å². The zero-order valence-electron chi connectivity index (χ0n) is 12.5. The van der Waals surface area contributed by atoms with Gasteiger partial charge in [-0.25, -0.2) is 4.68 Å². The first-order valence-electron chi connectivity index (χ1n) is 6.92. The number of carbonyl (C=O) groups is 1. The Morgan fingerprint density at radius 3 is 2.95 bits per heavy atom. The smallest absolute Gasteiger partial charge is 0.236 e. The molecule has 21 heavy (non-hydrogen) atoms. The predicted molar refractivity (Wildman–Crippen MR) is 78.9 cm³/mol. The largest absolute Gasteiger partial charge is 0.345 e. The van der Waals surface area contributed by atoms with Crippen molar-refractivity contribution in [1.82, 2.24) is 30.4 Å². The van der Waals surface area contributed by atoms with Crippen LogP contribution >= 0.6 is 0 Å². The van der Waals surface area contributed by atoms with E-state index in [0.717, 1.165) is 11.3 Å². The Morgan fingerprint density at radius 2 is 2.29 bits per heavy atom. The first-order valence-corrected chi connectivity index (χ1v) is 6.92. The molecule has 0 spiro atoms. The van der Waals surface area contributed by atoms with Gasteiger partial charge in [-0.05, 0) is 42.0 Å². The van der Waals surface area contributed by atoms with Crippen LogP contribution in [0.4, 0.5) is 0 Å². The first-order chi connectivity index (χ1) is 10.1. The van der Waals surface area contributed by atoms with Gasteiger partial charge in [0.1, 0.15) is 6.33 Å². The molecular weight excluding hydrogens is 268 g/mol. The van der Waals surface area contributed by atoms with E-state index < -0.39 is 0 Å². The van der Waals surface area contributed by atoms with Crippen LogP contribution < -0.4 is 5.32 Å². The number of hydrogen-bond acceptors (Lipinski definition) is 5. The highest BCUT2D eigenvalue weighted by atomic mass is 16.2. The van der Waals surface area contributed by atoms with Crippen LogP contribution in [0, 0.1) is 0 Å². The third kappa shape index (κ3) is 3.85. The molecule has 2 rings (SSSR count). The average molecular weight is 288 g/mol. The molecule has 1 unspecified atom stereocenters. The summed E-state index contributed by atoms with van der Waals surface area (Å²) in [6.45, 7) is 5.01. The number of tetrazole rings is 1. The molecule has 0 saturated carbocycles. The Balaban J connectivity index is 2.01. The average Bonchev–Trinajstić information content (AvgIpc) is 3.06. The van der Waals surface area contributed by atoms with Crippen molar-refractivity contribution in [3.63, 3.8) is 0 Å². The molecule has 0 aliphatic heterocycles. The van der Waals surface area contributed by atoms with Gasteiger partial charge < -0.3 is 10.2 Å². The Kier molecular flexibility index (Phi) is 4.99. The van der Waals surface area contributed by atoms with E-state index in [2.05, 4.69) is 20.8 Å². The second-order valence-corrected chi connectivity index (χ2v) is 4.86. The van der Waals surface area contributed by atoms with Crippen LogP contribution in [0.2, 0.25) is 0 Å². The molecule has 1 aromatic heterocycles. The molecular formula is C14H20N6O. The van der Waals surface area contributed by atoms with Crippen molar-refractivity contribution in [3.8, 4) is 5.69 Å². The molecule has 1 N–H and O–H groups in total. The molecule has 1 aromatic carbocycles. The highest BCUT2D eigenvalue weighted by Crippen LogP contribution is 2.15. The van der Waals surface area contributed by atoms with Gasteiger partial charge in [0, 0.05) is 19.6 Å². The Labute approximate surface area is 123 Å². The van der Waals surface area contributed by atoms with Crippen LogP contribution in [0.1, 0.15) is 25.5 Å². The lowest BCUT2D eigenvalue weighted by molar-refractivity contribution is -0.128. The molecule has 0 bridgehead atoms. The maximum atomic E-state index is 11.8. The number of nitrogens with zero attached hydrogens (tertiary/aromatic N) is 5. The first kappa shape index (κ1) is 15.1. The molecule has 0 radical (unpaired) electrons. The van der Waals surface area contributed by atoms with Crippen LogP contribution in [0.5, 0.6) is 0 Å². The zero-order chi connectivity index (χ0) is 15.2. The van der Waals surface area contributed by atoms with Crippen molar-refractivity contribution in [1.29, 1.82) is 0 Å². The number of hydrogen-bond donors (Lipinski definition) is 1. The van der Waals surface area contributed by atoms with Crippen molar-refractivity contribution in [3.05, 3.63) is 36.2 Å². The predicted octanol–water partition coefficient (Wildman–Crippen LogP) is 0.791. The number of amides is 1. The number of aromatic nitrogens is 4. The van der Waals surface area contributed by atoms with Crippen molar-refractivity contribution in [2.45, 2.75) is 19.9 Å². The van der Waals surface area contributed by atoms with Gasteiger partial charge in [0.15, 0.2) is 0 Å². The Hall–Kier alpha value is -2.28. The molecule has 0 aliphatic carbocycles. The Morgan fingerprint density at radius 1 is 1.48 bits per heavy atom. The van der Waals surface area contributed by atoms with Crippen molar-refractivity contribution >= 4 is 5.91 Å². The molecule has 7 heteroatoms. The quantitative estimate of drug-likeness (QED) is 0.850. The van der Waals surface area contributed by atoms with Gasteiger partial charge in [0.25, 0.3) is 0 Å². The minimum absolute atomic E-state index is 0.0654. The van der Waals surface area contributed by atoms with E-state index in [0.29, 0.717) is 13.1 Å². The Bertz CT molecular complexity index is 583. The number of rotatable bonds is 6. The monoisotopic (exact) mass is 288 g/mol. The van der Waals surface area contributed by atoms with Gasteiger partial charge in [-0.15, -0.1) is 5.10 Å². The van der Waals surface area contributed by atoms with Crippen molar-refractivity contribution < 1.29 is 4.79 Å². The third-order valence-corrected chi connectivity index (χ3v) is 3.44. The summed E-state index contributed by atoms with van der Waals surface area (Å²) >= 11 is 0. The van der Waals surface area contributed by atoms with E-state index in [1.165, 1.54) is 0 Å². The minimum atomic E-state index is 0.0654. The molecule has 112 valence electrons. The topological polar surface area (TPSA) is 75.9 Å². The molecule has 0 aliphatic rings. The summed E-state index contributed by atoms with van der Waals surface area (Å²) in [5.41, 5.74) is 1.97. The molecule has 0 saturated heterocycles. The number of nitrogens with one attached hydrogen (secondary N) is 1. The normalized spacial score (nSPS) is 12.1. The van der Waals surface area contributed by atoms with Crippen LogP contribution in [-0.4, -0.2) is 51.2 Å². The number of likely N-dealkylation sites (N-methyl/N-ethyl adjacent to an activating group) is 1. The molecule has 1 heterocycles. The summed E-state index contributed by atoms with van der Waals surface area (Å²) in [4.78, 5) is 13.5. The fourth-order valence-corrected chi connectivity index (χ4v) is 1.89. The van der Waals surface area contributed by atoms with Gasteiger partial charge >= 0.3 is 0 Å². The maximum Gasteiger partial charge on any atom is 0.236 e. The van der Waals surface area contributed by atoms with Gasteiger partial charge in [0.2, 0.25) is 5.91 Å². The molecule has 0 fully saturated rings. The summed E-state index contributed by atoms with van der Waals surface area (Å²) < 4.78 is 1.60. The molecule has 1 atom stereocenters. The third-order valence-electron chi connectivity index (χ3n) is 3.44. The summed E-state index contributed by atoms with van der Waals surface area (Å²) in [6.07, 6.45) is 1.55.